The maximum Gasteiger partial charge on any atom is 0.143 e. The molecule has 0 unspecified atom stereocenters. The van der Waals surface area contributed by atoms with E-state index in [0.717, 1.165) is 44.4 Å². The molecule has 3 heterocycles. The van der Waals surface area contributed by atoms with E-state index < -0.39 is 0 Å². The summed E-state index contributed by atoms with van der Waals surface area (Å²) in [5.74, 6) is 0. The van der Waals surface area contributed by atoms with Gasteiger partial charge in [-0.15, -0.1) is 0 Å². The van der Waals surface area contributed by atoms with E-state index in [1.165, 1.54) is 65.9 Å². The van der Waals surface area contributed by atoms with Gasteiger partial charge in [-0.2, -0.15) is 0 Å². The zero-order valence-corrected chi connectivity index (χ0v) is 30.9. The molecule has 0 aliphatic heterocycles. The van der Waals surface area contributed by atoms with Crippen LogP contribution in [0.2, 0.25) is 0 Å². The van der Waals surface area contributed by atoms with Gasteiger partial charge in [0.1, 0.15) is 11.2 Å². The van der Waals surface area contributed by atoms with Crippen molar-refractivity contribution >= 4 is 65.6 Å². The number of fused-ring (bicyclic) bond motifs is 9. The van der Waals surface area contributed by atoms with Crippen LogP contribution in [0.5, 0.6) is 0 Å². The van der Waals surface area contributed by atoms with E-state index in [4.69, 9.17) is 4.42 Å². The van der Waals surface area contributed by atoms with Crippen molar-refractivity contribution in [2.24, 2.45) is 0 Å². The maximum absolute atomic E-state index is 6.50. The van der Waals surface area contributed by atoms with Crippen LogP contribution in [-0.4, -0.2) is 9.13 Å². The highest BCUT2D eigenvalue weighted by Crippen LogP contribution is 2.41. The monoisotopic (exact) mass is 726 g/mol. The zero-order valence-electron chi connectivity index (χ0n) is 30.9. The molecule has 3 nitrogen and oxygen atoms in total. The SMILES string of the molecule is c1ccc(-c2cccc(-n3c4ccccc4c4cc(-c5ccc6c(c5)c5cc(-c7cccc8c7oc7ccccc78)ccc5n6-c5ccccc5)ccc43)c2)cc1. The second-order valence-corrected chi connectivity index (χ2v) is 14.9. The minimum Gasteiger partial charge on any atom is -0.455 e. The molecule has 0 radical (unpaired) electrons. The minimum absolute atomic E-state index is 0.909. The molecule has 12 aromatic rings. The van der Waals surface area contributed by atoms with E-state index >= 15 is 0 Å². The molecule has 0 amide bonds. The molecule has 0 N–H and O–H groups in total. The third-order valence-electron chi connectivity index (χ3n) is 11.7. The lowest BCUT2D eigenvalue weighted by Gasteiger charge is -2.11. The number of nitrogens with zero attached hydrogens (tertiary/aromatic N) is 2. The number of aromatic nitrogens is 2. The van der Waals surface area contributed by atoms with Gasteiger partial charge >= 0.3 is 0 Å². The Kier molecular flexibility index (Phi) is 6.93. The van der Waals surface area contributed by atoms with Crippen molar-refractivity contribution in [2.45, 2.75) is 0 Å². The summed E-state index contributed by atoms with van der Waals surface area (Å²) in [5, 5.41) is 7.17. The summed E-state index contributed by atoms with van der Waals surface area (Å²) < 4.78 is 11.3. The largest absolute Gasteiger partial charge is 0.455 e. The normalized spacial score (nSPS) is 11.9. The van der Waals surface area contributed by atoms with Crippen LogP contribution in [0.25, 0.3) is 110 Å². The van der Waals surface area contributed by atoms with Gasteiger partial charge in [0.15, 0.2) is 0 Å². The number of hydrogen-bond donors (Lipinski definition) is 0. The van der Waals surface area contributed by atoms with Gasteiger partial charge in [0.05, 0.1) is 22.1 Å². The summed E-state index contributed by atoms with van der Waals surface area (Å²) in [6.45, 7) is 0. The molecule has 0 spiro atoms. The molecule has 0 fully saturated rings. The zero-order chi connectivity index (χ0) is 37.5. The number of para-hydroxylation sites is 4. The standard InChI is InChI=1S/C54H34N2O/c1-3-13-35(14-4-1)36-15-11-18-41(31-36)56-49-23-9-7-19-43(49)46-32-37(25-28-50(46)56)38-26-29-51-47(33-38)48-34-39(27-30-52(48)55(51)40-16-5-2-6-17-40)42-21-12-22-45-44-20-8-10-24-53(44)57-54(42)45/h1-34H. The summed E-state index contributed by atoms with van der Waals surface area (Å²) in [4.78, 5) is 0. The molecule has 0 saturated heterocycles. The Bertz CT molecular complexity index is 3510. The van der Waals surface area contributed by atoms with Gasteiger partial charge in [0, 0.05) is 49.3 Å². The van der Waals surface area contributed by atoms with Crippen LogP contribution in [0.4, 0.5) is 0 Å². The third kappa shape index (κ3) is 4.92. The van der Waals surface area contributed by atoms with Gasteiger partial charge in [-0.3, -0.25) is 0 Å². The first-order valence-electron chi connectivity index (χ1n) is 19.5. The fraction of sp³-hybridized carbons (Fsp3) is 0. The number of furan rings is 1. The van der Waals surface area contributed by atoms with Crippen molar-refractivity contribution in [2.75, 3.05) is 0 Å². The lowest BCUT2D eigenvalue weighted by molar-refractivity contribution is 0.670. The van der Waals surface area contributed by atoms with Gasteiger partial charge in [0.2, 0.25) is 0 Å². The first kappa shape index (κ1) is 31.7. The Hall–Kier alpha value is -7.62. The van der Waals surface area contributed by atoms with Crippen LogP contribution in [-0.2, 0) is 0 Å². The van der Waals surface area contributed by atoms with Crippen LogP contribution < -0.4 is 0 Å². The fourth-order valence-electron chi connectivity index (χ4n) is 9.09. The Labute approximate surface area is 328 Å². The van der Waals surface area contributed by atoms with Gasteiger partial charge in [-0.05, 0) is 101 Å². The average molecular weight is 727 g/mol. The molecule has 0 atom stereocenters. The van der Waals surface area contributed by atoms with Crippen LogP contribution in [0, 0.1) is 0 Å². The molecule has 266 valence electrons. The lowest BCUT2D eigenvalue weighted by Crippen LogP contribution is -1.94. The van der Waals surface area contributed by atoms with E-state index in [1.54, 1.807) is 0 Å². The quantitative estimate of drug-likeness (QED) is 0.173. The molecule has 3 aromatic heterocycles. The van der Waals surface area contributed by atoms with Gasteiger partial charge in [0.25, 0.3) is 0 Å². The highest BCUT2D eigenvalue weighted by molar-refractivity contribution is 6.15. The van der Waals surface area contributed by atoms with Crippen LogP contribution in [0.15, 0.2) is 211 Å². The average Bonchev–Trinajstić information content (AvgIpc) is 3.94. The first-order chi connectivity index (χ1) is 28.3. The number of hydrogen-bond acceptors (Lipinski definition) is 1. The van der Waals surface area contributed by atoms with Crippen molar-refractivity contribution in [3.05, 3.63) is 206 Å². The van der Waals surface area contributed by atoms with Crippen molar-refractivity contribution in [3.8, 4) is 44.8 Å². The predicted octanol–water partition coefficient (Wildman–Crippen LogP) is 14.8. The van der Waals surface area contributed by atoms with E-state index in [-0.39, 0.29) is 0 Å². The third-order valence-corrected chi connectivity index (χ3v) is 11.7. The van der Waals surface area contributed by atoms with Crippen LogP contribution >= 0.6 is 0 Å². The molecular formula is C54H34N2O. The van der Waals surface area contributed by atoms with E-state index in [0.29, 0.717) is 0 Å². The summed E-state index contributed by atoms with van der Waals surface area (Å²) in [7, 11) is 0. The second-order valence-electron chi connectivity index (χ2n) is 14.9. The van der Waals surface area contributed by atoms with Gasteiger partial charge in [-0.25, -0.2) is 0 Å². The summed E-state index contributed by atoms with van der Waals surface area (Å²) in [5.41, 5.74) is 15.9. The summed E-state index contributed by atoms with van der Waals surface area (Å²) >= 11 is 0. The lowest BCUT2D eigenvalue weighted by atomic mass is 9.98. The van der Waals surface area contributed by atoms with E-state index in [9.17, 15) is 0 Å². The molecule has 0 aliphatic carbocycles. The molecule has 0 bridgehead atoms. The molecule has 0 saturated carbocycles. The molecule has 3 heteroatoms. The van der Waals surface area contributed by atoms with E-state index in [2.05, 4.69) is 209 Å². The van der Waals surface area contributed by atoms with Crippen molar-refractivity contribution in [1.82, 2.24) is 9.13 Å². The number of benzene rings is 9. The fourth-order valence-corrected chi connectivity index (χ4v) is 9.09. The second kappa shape index (κ2) is 12.5. The van der Waals surface area contributed by atoms with Gasteiger partial charge < -0.3 is 13.6 Å². The topological polar surface area (TPSA) is 23.0 Å². The Morgan fingerprint density at radius 2 is 0.772 bits per heavy atom. The number of rotatable bonds is 5. The molecule has 12 rings (SSSR count). The maximum atomic E-state index is 6.50. The molecule has 0 aliphatic rings. The first-order valence-corrected chi connectivity index (χ1v) is 19.5. The van der Waals surface area contributed by atoms with Crippen LogP contribution in [0.1, 0.15) is 0 Å². The van der Waals surface area contributed by atoms with Gasteiger partial charge in [-0.1, -0.05) is 133 Å². The van der Waals surface area contributed by atoms with E-state index in [1.807, 2.05) is 6.07 Å². The molecule has 57 heavy (non-hydrogen) atoms. The smallest absolute Gasteiger partial charge is 0.143 e. The molecule has 9 aromatic carbocycles. The summed E-state index contributed by atoms with van der Waals surface area (Å²) in [6, 6.07) is 74.5. The van der Waals surface area contributed by atoms with Crippen molar-refractivity contribution in [3.63, 3.8) is 0 Å². The Morgan fingerprint density at radius 3 is 1.53 bits per heavy atom. The predicted molar refractivity (Wildman–Crippen MR) is 239 cm³/mol. The Balaban J connectivity index is 1.05. The Morgan fingerprint density at radius 1 is 0.281 bits per heavy atom. The van der Waals surface area contributed by atoms with Crippen LogP contribution in [0.3, 0.4) is 0 Å². The minimum atomic E-state index is 0.909. The van der Waals surface area contributed by atoms with Crippen molar-refractivity contribution in [1.29, 1.82) is 0 Å². The molecular weight excluding hydrogens is 693 g/mol. The summed E-state index contributed by atoms with van der Waals surface area (Å²) in [6.07, 6.45) is 0. The van der Waals surface area contributed by atoms with Crippen molar-refractivity contribution < 1.29 is 4.42 Å². The highest BCUT2D eigenvalue weighted by Gasteiger charge is 2.18. The highest BCUT2D eigenvalue weighted by atomic mass is 16.3.